The fourth-order valence-corrected chi connectivity index (χ4v) is 2.00. The SMILES string of the molecule is CCC(N)C1=CCC(C(=O)O)C(C)=C1C. The molecule has 15 heavy (non-hydrogen) atoms. The first-order valence-electron chi connectivity index (χ1n) is 5.35. The third-order valence-electron chi connectivity index (χ3n) is 3.26. The van der Waals surface area contributed by atoms with Crippen LogP contribution < -0.4 is 5.73 Å². The van der Waals surface area contributed by atoms with Crippen LogP contribution in [0.4, 0.5) is 0 Å². The minimum absolute atomic E-state index is 0.0368. The van der Waals surface area contributed by atoms with Gasteiger partial charge >= 0.3 is 5.97 Å². The van der Waals surface area contributed by atoms with E-state index < -0.39 is 5.97 Å². The van der Waals surface area contributed by atoms with E-state index in [0.717, 1.165) is 23.1 Å². The smallest absolute Gasteiger partial charge is 0.310 e. The summed E-state index contributed by atoms with van der Waals surface area (Å²) in [7, 11) is 0. The number of carboxylic acid groups (broad SMARTS) is 1. The van der Waals surface area contributed by atoms with Gasteiger partial charge in [-0.15, -0.1) is 0 Å². The molecule has 0 aromatic carbocycles. The van der Waals surface area contributed by atoms with Crippen LogP contribution in [0.15, 0.2) is 22.8 Å². The second-order valence-corrected chi connectivity index (χ2v) is 4.11. The van der Waals surface area contributed by atoms with E-state index in [1.807, 2.05) is 26.8 Å². The third-order valence-corrected chi connectivity index (χ3v) is 3.26. The van der Waals surface area contributed by atoms with Crippen molar-refractivity contribution in [1.82, 2.24) is 0 Å². The van der Waals surface area contributed by atoms with Gasteiger partial charge in [0.1, 0.15) is 0 Å². The van der Waals surface area contributed by atoms with Gasteiger partial charge in [0.2, 0.25) is 0 Å². The largest absolute Gasteiger partial charge is 0.481 e. The molecule has 0 amide bonds. The molecule has 84 valence electrons. The molecule has 0 bridgehead atoms. The molecule has 2 unspecified atom stereocenters. The summed E-state index contributed by atoms with van der Waals surface area (Å²) in [6.45, 7) is 5.90. The molecule has 0 spiro atoms. The van der Waals surface area contributed by atoms with E-state index in [2.05, 4.69) is 0 Å². The van der Waals surface area contributed by atoms with Gasteiger partial charge in [-0.1, -0.05) is 18.6 Å². The normalized spacial score (nSPS) is 23.7. The molecule has 0 aliphatic heterocycles. The second-order valence-electron chi connectivity index (χ2n) is 4.11. The van der Waals surface area contributed by atoms with Gasteiger partial charge in [0.15, 0.2) is 0 Å². The molecule has 0 aromatic heterocycles. The summed E-state index contributed by atoms with van der Waals surface area (Å²) < 4.78 is 0. The predicted octanol–water partition coefficient (Wildman–Crippen LogP) is 2.09. The summed E-state index contributed by atoms with van der Waals surface area (Å²) in [5.74, 6) is -1.11. The molecular formula is C12H19NO2. The first-order chi connectivity index (χ1) is 6.99. The van der Waals surface area contributed by atoms with Gasteiger partial charge in [-0.2, -0.15) is 0 Å². The Balaban J connectivity index is 2.97. The van der Waals surface area contributed by atoms with Gasteiger partial charge in [0, 0.05) is 6.04 Å². The van der Waals surface area contributed by atoms with Crippen molar-refractivity contribution in [3.63, 3.8) is 0 Å². The summed E-state index contributed by atoms with van der Waals surface area (Å²) in [6.07, 6.45) is 3.44. The molecule has 1 rings (SSSR count). The van der Waals surface area contributed by atoms with Gasteiger partial charge in [0.25, 0.3) is 0 Å². The van der Waals surface area contributed by atoms with Crippen molar-refractivity contribution >= 4 is 5.97 Å². The van der Waals surface area contributed by atoms with Crippen LogP contribution in [0, 0.1) is 5.92 Å². The predicted molar refractivity (Wildman–Crippen MR) is 60.5 cm³/mol. The first kappa shape index (κ1) is 12.0. The number of hydrogen-bond acceptors (Lipinski definition) is 2. The Morgan fingerprint density at radius 1 is 1.67 bits per heavy atom. The zero-order chi connectivity index (χ0) is 11.6. The van der Waals surface area contributed by atoms with E-state index in [1.54, 1.807) is 0 Å². The number of rotatable bonds is 3. The topological polar surface area (TPSA) is 63.3 Å². The van der Waals surface area contributed by atoms with E-state index in [9.17, 15) is 4.79 Å². The van der Waals surface area contributed by atoms with Crippen LogP contribution in [0.5, 0.6) is 0 Å². The highest BCUT2D eigenvalue weighted by Gasteiger charge is 2.26. The lowest BCUT2D eigenvalue weighted by Gasteiger charge is -2.25. The van der Waals surface area contributed by atoms with E-state index in [-0.39, 0.29) is 12.0 Å². The van der Waals surface area contributed by atoms with Crippen LogP contribution in [0.3, 0.4) is 0 Å². The minimum atomic E-state index is -0.743. The van der Waals surface area contributed by atoms with Gasteiger partial charge in [-0.25, -0.2) is 0 Å². The number of carbonyl (C=O) groups is 1. The van der Waals surface area contributed by atoms with Gasteiger partial charge in [-0.3, -0.25) is 4.79 Å². The maximum absolute atomic E-state index is 11.0. The van der Waals surface area contributed by atoms with Crippen molar-refractivity contribution in [2.45, 2.75) is 39.7 Å². The molecule has 0 heterocycles. The highest BCUT2D eigenvalue weighted by atomic mass is 16.4. The first-order valence-corrected chi connectivity index (χ1v) is 5.35. The Bertz CT molecular complexity index is 329. The monoisotopic (exact) mass is 209 g/mol. The minimum Gasteiger partial charge on any atom is -0.481 e. The fourth-order valence-electron chi connectivity index (χ4n) is 2.00. The lowest BCUT2D eigenvalue weighted by atomic mass is 9.81. The zero-order valence-electron chi connectivity index (χ0n) is 9.58. The lowest BCUT2D eigenvalue weighted by molar-refractivity contribution is -0.140. The Morgan fingerprint density at radius 2 is 2.27 bits per heavy atom. The zero-order valence-corrected chi connectivity index (χ0v) is 9.58. The standard InChI is InChI=1S/C12H19NO2/c1-4-11(13)9-5-6-10(12(14)15)8(3)7(9)2/h5,10-11H,4,6,13H2,1-3H3,(H,14,15). The second kappa shape index (κ2) is 4.62. The highest BCUT2D eigenvalue weighted by Crippen LogP contribution is 2.31. The molecule has 0 fully saturated rings. The van der Waals surface area contributed by atoms with Crippen molar-refractivity contribution in [3.8, 4) is 0 Å². The van der Waals surface area contributed by atoms with E-state index in [4.69, 9.17) is 10.8 Å². The average Bonchev–Trinajstić information content (AvgIpc) is 2.20. The molecular weight excluding hydrogens is 190 g/mol. The number of allylic oxidation sites excluding steroid dienone is 1. The van der Waals surface area contributed by atoms with Crippen molar-refractivity contribution in [2.24, 2.45) is 11.7 Å². The van der Waals surface area contributed by atoms with Crippen LogP contribution in [-0.4, -0.2) is 17.1 Å². The van der Waals surface area contributed by atoms with E-state index >= 15 is 0 Å². The Morgan fingerprint density at radius 3 is 2.73 bits per heavy atom. The highest BCUT2D eigenvalue weighted by molar-refractivity contribution is 5.75. The Kier molecular flexibility index (Phi) is 3.69. The molecule has 2 atom stereocenters. The summed E-state index contributed by atoms with van der Waals surface area (Å²) in [5.41, 5.74) is 9.10. The molecule has 3 nitrogen and oxygen atoms in total. The van der Waals surface area contributed by atoms with Crippen molar-refractivity contribution in [2.75, 3.05) is 0 Å². The lowest BCUT2D eigenvalue weighted by Crippen LogP contribution is -2.27. The molecule has 3 N–H and O–H groups in total. The van der Waals surface area contributed by atoms with Crippen molar-refractivity contribution in [1.29, 1.82) is 0 Å². The van der Waals surface area contributed by atoms with Crippen molar-refractivity contribution in [3.05, 3.63) is 22.8 Å². The van der Waals surface area contributed by atoms with E-state index in [0.29, 0.717) is 6.42 Å². The fraction of sp³-hybridized carbons (Fsp3) is 0.583. The molecule has 0 saturated carbocycles. The van der Waals surface area contributed by atoms with Gasteiger partial charge in [-0.05, 0) is 37.8 Å². The molecule has 3 heteroatoms. The van der Waals surface area contributed by atoms with Crippen molar-refractivity contribution < 1.29 is 9.90 Å². The number of nitrogens with two attached hydrogens (primary N) is 1. The molecule has 1 aliphatic rings. The molecule has 0 saturated heterocycles. The Hall–Kier alpha value is -1.09. The molecule has 1 aliphatic carbocycles. The van der Waals surface area contributed by atoms with Gasteiger partial charge in [0.05, 0.1) is 5.92 Å². The van der Waals surface area contributed by atoms with Crippen LogP contribution >= 0.6 is 0 Å². The van der Waals surface area contributed by atoms with Crippen LogP contribution in [0.2, 0.25) is 0 Å². The average molecular weight is 209 g/mol. The third kappa shape index (κ3) is 2.29. The molecule has 0 radical (unpaired) electrons. The summed E-state index contributed by atoms with van der Waals surface area (Å²) in [4.78, 5) is 11.0. The summed E-state index contributed by atoms with van der Waals surface area (Å²) in [5, 5.41) is 9.01. The van der Waals surface area contributed by atoms with E-state index in [1.165, 1.54) is 0 Å². The number of hydrogen-bond donors (Lipinski definition) is 2. The van der Waals surface area contributed by atoms with Crippen LogP contribution in [0.25, 0.3) is 0 Å². The number of aliphatic carboxylic acids is 1. The quantitative estimate of drug-likeness (QED) is 0.748. The van der Waals surface area contributed by atoms with Crippen LogP contribution in [-0.2, 0) is 4.79 Å². The molecule has 0 aromatic rings. The maximum atomic E-state index is 11.0. The summed E-state index contributed by atoms with van der Waals surface area (Å²) >= 11 is 0. The maximum Gasteiger partial charge on any atom is 0.310 e. The van der Waals surface area contributed by atoms with Gasteiger partial charge < -0.3 is 10.8 Å². The Labute approximate surface area is 90.7 Å². The number of carboxylic acids is 1. The summed E-state index contributed by atoms with van der Waals surface area (Å²) in [6, 6.07) is 0.0368. The van der Waals surface area contributed by atoms with Crippen LogP contribution in [0.1, 0.15) is 33.6 Å².